The van der Waals surface area contributed by atoms with E-state index >= 15 is 0 Å². The second-order valence-corrected chi connectivity index (χ2v) is 6.73. The fraction of sp³-hybridized carbons (Fsp3) is 0.250. The summed E-state index contributed by atoms with van der Waals surface area (Å²) in [5.41, 5.74) is 4.14. The quantitative estimate of drug-likeness (QED) is 0.712. The van der Waals surface area contributed by atoms with Crippen LogP contribution in [0.5, 0.6) is 0 Å². The van der Waals surface area contributed by atoms with Crippen LogP contribution in [0.2, 0.25) is 5.02 Å². The summed E-state index contributed by atoms with van der Waals surface area (Å²) in [7, 11) is 0. The third-order valence-corrected chi connectivity index (χ3v) is 4.12. The van der Waals surface area contributed by atoms with Crippen molar-refractivity contribution in [2.24, 2.45) is 0 Å². The van der Waals surface area contributed by atoms with E-state index in [4.69, 9.17) is 11.6 Å². The molecule has 0 aliphatic carbocycles. The van der Waals surface area contributed by atoms with Crippen LogP contribution < -0.4 is 16.0 Å². The van der Waals surface area contributed by atoms with Gasteiger partial charge >= 0.3 is 0 Å². The Balaban J connectivity index is 1.80. The first-order valence-electron chi connectivity index (χ1n) is 8.44. The van der Waals surface area contributed by atoms with Gasteiger partial charge in [-0.3, -0.25) is 14.4 Å². The fourth-order valence-corrected chi connectivity index (χ4v) is 2.88. The van der Waals surface area contributed by atoms with Gasteiger partial charge in [0.15, 0.2) is 0 Å². The first kappa shape index (κ1) is 20.5. The molecule has 0 bridgehead atoms. The zero-order valence-electron chi connectivity index (χ0n) is 15.5. The van der Waals surface area contributed by atoms with E-state index in [-0.39, 0.29) is 19.0 Å². The largest absolute Gasteiger partial charge is 0.345 e. The fourth-order valence-electron chi connectivity index (χ4n) is 2.69. The summed E-state index contributed by atoms with van der Waals surface area (Å²) in [6, 6.07) is 10.4. The number of aryl methyl sites for hydroxylation is 3. The predicted molar refractivity (Wildman–Crippen MR) is 106 cm³/mol. The highest BCUT2D eigenvalue weighted by atomic mass is 35.5. The zero-order chi connectivity index (χ0) is 20.0. The third-order valence-electron chi connectivity index (χ3n) is 3.88. The highest BCUT2D eigenvalue weighted by Crippen LogP contribution is 2.21. The molecule has 3 N–H and O–H groups in total. The van der Waals surface area contributed by atoms with Gasteiger partial charge in [0.1, 0.15) is 0 Å². The van der Waals surface area contributed by atoms with E-state index in [0.717, 1.165) is 22.4 Å². The van der Waals surface area contributed by atoms with Gasteiger partial charge < -0.3 is 16.0 Å². The number of halogens is 1. The summed E-state index contributed by atoms with van der Waals surface area (Å²) in [6.45, 7) is 5.41. The summed E-state index contributed by atoms with van der Waals surface area (Å²) in [6.07, 6.45) is 0. The number of anilines is 1. The second kappa shape index (κ2) is 9.19. The molecule has 0 fully saturated rings. The predicted octanol–water partition coefficient (Wildman–Crippen LogP) is 2.75. The first-order chi connectivity index (χ1) is 12.8. The van der Waals surface area contributed by atoms with Crippen molar-refractivity contribution in [1.82, 2.24) is 10.6 Å². The van der Waals surface area contributed by atoms with E-state index in [1.54, 1.807) is 18.2 Å². The molecule has 2 aromatic carbocycles. The Morgan fingerprint density at radius 1 is 0.889 bits per heavy atom. The van der Waals surface area contributed by atoms with Crippen molar-refractivity contribution in [3.8, 4) is 0 Å². The van der Waals surface area contributed by atoms with Crippen molar-refractivity contribution in [1.29, 1.82) is 0 Å². The molecule has 7 heteroatoms. The molecule has 27 heavy (non-hydrogen) atoms. The smallest absolute Gasteiger partial charge is 0.251 e. The van der Waals surface area contributed by atoms with E-state index in [2.05, 4.69) is 16.0 Å². The van der Waals surface area contributed by atoms with Gasteiger partial charge in [-0.15, -0.1) is 0 Å². The zero-order valence-corrected chi connectivity index (χ0v) is 16.2. The highest BCUT2D eigenvalue weighted by Gasteiger charge is 2.11. The lowest BCUT2D eigenvalue weighted by Gasteiger charge is -2.13. The van der Waals surface area contributed by atoms with Crippen molar-refractivity contribution in [2.75, 3.05) is 18.4 Å². The molecule has 0 saturated carbocycles. The van der Waals surface area contributed by atoms with Crippen molar-refractivity contribution in [3.05, 3.63) is 63.7 Å². The summed E-state index contributed by atoms with van der Waals surface area (Å²) in [4.78, 5) is 35.9. The molecule has 6 nitrogen and oxygen atoms in total. The number of carbonyl (C=O) groups is 3. The van der Waals surface area contributed by atoms with Crippen LogP contribution in [0.4, 0.5) is 5.69 Å². The maximum atomic E-state index is 12.1. The Bertz CT molecular complexity index is 858. The molecule has 0 atom stereocenters. The Morgan fingerprint density at radius 2 is 1.52 bits per heavy atom. The van der Waals surface area contributed by atoms with Crippen LogP contribution in [0.15, 0.2) is 36.4 Å². The maximum absolute atomic E-state index is 12.1. The van der Waals surface area contributed by atoms with E-state index in [1.165, 1.54) is 6.07 Å². The third kappa shape index (κ3) is 6.11. The molecule has 0 saturated heterocycles. The van der Waals surface area contributed by atoms with Crippen LogP contribution >= 0.6 is 11.6 Å². The Labute approximate surface area is 163 Å². The summed E-state index contributed by atoms with van der Waals surface area (Å²) >= 11 is 5.83. The monoisotopic (exact) mass is 387 g/mol. The van der Waals surface area contributed by atoms with Crippen molar-refractivity contribution >= 4 is 35.0 Å². The molecule has 0 aromatic heterocycles. The standard InChI is InChI=1S/C20H22ClN3O3/c1-12-7-13(2)19(14(3)8-12)24-18(26)11-22-17(25)10-23-20(27)15-5-4-6-16(21)9-15/h4-9H,10-11H2,1-3H3,(H,22,25)(H,23,27)(H,24,26). The molecule has 0 aliphatic heterocycles. The second-order valence-electron chi connectivity index (χ2n) is 6.29. The number of amides is 3. The molecule has 142 valence electrons. The lowest BCUT2D eigenvalue weighted by molar-refractivity contribution is -0.123. The topological polar surface area (TPSA) is 87.3 Å². The van der Waals surface area contributed by atoms with Crippen LogP contribution in [0, 0.1) is 20.8 Å². The molecule has 0 aliphatic rings. The number of hydrogen-bond donors (Lipinski definition) is 3. The first-order valence-corrected chi connectivity index (χ1v) is 8.82. The van der Waals surface area contributed by atoms with Crippen LogP contribution in [-0.4, -0.2) is 30.8 Å². The van der Waals surface area contributed by atoms with E-state index < -0.39 is 11.8 Å². The molecule has 0 spiro atoms. The van der Waals surface area contributed by atoms with Gasteiger partial charge in [-0.25, -0.2) is 0 Å². The Morgan fingerprint density at radius 3 is 2.15 bits per heavy atom. The summed E-state index contributed by atoms with van der Waals surface area (Å²) in [5.74, 6) is -1.21. The van der Waals surface area contributed by atoms with Gasteiger partial charge in [0.2, 0.25) is 11.8 Å². The lowest BCUT2D eigenvalue weighted by atomic mass is 10.1. The van der Waals surface area contributed by atoms with Gasteiger partial charge in [0.05, 0.1) is 13.1 Å². The number of benzene rings is 2. The van der Waals surface area contributed by atoms with Crippen LogP contribution in [-0.2, 0) is 9.59 Å². The Hall–Kier alpha value is -2.86. The number of carbonyl (C=O) groups excluding carboxylic acids is 3. The average Bonchev–Trinajstić information content (AvgIpc) is 2.60. The van der Waals surface area contributed by atoms with Gasteiger partial charge in [-0.05, 0) is 50.1 Å². The van der Waals surface area contributed by atoms with Crippen LogP contribution in [0.1, 0.15) is 27.0 Å². The molecule has 0 unspecified atom stereocenters. The van der Waals surface area contributed by atoms with E-state index in [1.807, 2.05) is 32.9 Å². The minimum absolute atomic E-state index is 0.182. The Kier molecular flexibility index (Phi) is 6.96. The van der Waals surface area contributed by atoms with E-state index in [0.29, 0.717) is 10.6 Å². The number of rotatable bonds is 6. The van der Waals surface area contributed by atoms with Gasteiger partial charge in [-0.2, -0.15) is 0 Å². The van der Waals surface area contributed by atoms with Crippen molar-refractivity contribution in [3.63, 3.8) is 0 Å². The van der Waals surface area contributed by atoms with E-state index in [9.17, 15) is 14.4 Å². The molecule has 2 rings (SSSR count). The normalized spacial score (nSPS) is 10.2. The molecular formula is C20H22ClN3O3. The highest BCUT2D eigenvalue weighted by molar-refractivity contribution is 6.31. The molecule has 0 radical (unpaired) electrons. The van der Waals surface area contributed by atoms with Gasteiger partial charge in [0.25, 0.3) is 5.91 Å². The lowest BCUT2D eigenvalue weighted by Crippen LogP contribution is -2.40. The molecular weight excluding hydrogens is 366 g/mol. The average molecular weight is 388 g/mol. The molecule has 3 amide bonds. The van der Waals surface area contributed by atoms with Gasteiger partial charge in [0, 0.05) is 16.3 Å². The van der Waals surface area contributed by atoms with Gasteiger partial charge in [-0.1, -0.05) is 35.4 Å². The molecule has 2 aromatic rings. The maximum Gasteiger partial charge on any atom is 0.251 e. The number of hydrogen-bond acceptors (Lipinski definition) is 3. The van der Waals surface area contributed by atoms with Crippen LogP contribution in [0.3, 0.4) is 0 Å². The minimum Gasteiger partial charge on any atom is -0.345 e. The minimum atomic E-state index is -0.460. The SMILES string of the molecule is Cc1cc(C)c(NC(=O)CNC(=O)CNC(=O)c2cccc(Cl)c2)c(C)c1. The summed E-state index contributed by atoms with van der Waals surface area (Å²) < 4.78 is 0. The molecule has 0 heterocycles. The van der Waals surface area contributed by atoms with Crippen molar-refractivity contribution in [2.45, 2.75) is 20.8 Å². The van der Waals surface area contributed by atoms with Crippen molar-refractivity contribution < 1.29 is 14.4 Å². The summed E-state index contributed by atoms with van der Waals surface area (Å²) in [5, 5.41) is 8.20. The number of nitrogens with one attached hydrogen (secondary N) is 3. The van der Waals surface area contributed by atoms with Crippen LogP contribution in [0.25, 0.3) is 0 Å².